The van der Waals surface area contributed by atoms with Gasteiger partial charge in [0.25, 0.3) is 5.91 Å². The molecule has 0 aliphatic heterocycles. The third kappa shape index (κ3) is 4.38. The number of nitrogens with zero attached hydrogens (tertiary/aromatic N) is 1. The summed E-state index contributed by atoms with van der Waals surface area (Å²) >= 11 is 0. The molecule has 3 N–H and O–H groups in total. The van der Waals surface area contributed by atoms with Crippen molar-refractivity contribution in [3.8, 4) is 5.75 Å². The van der Waals surface area contributed by atoms with Gasteiger partial charge in [-0.2, -0.15) is 5.10 Å². The monoisotopic (exact) mass is 431 g/mol. The molecule has 0 saturated heterocycles. The Labute approximate surface area is 184 Å². The van der Waals surface area contributed by atoms with Crippen molar-refractivity contribution in [2.75, 3.05) is 13.7 Å². The molecular formula is C25H22FN3O3. The molecule has 6 nitrogen and oxygen atoms in total. The summed E-state index contributed by atoms with van der Waals surface area (Å²) in [4.78, 5) is 13.1. The molecule has 32 heavy (non-hydrogen) atoms. The maximum atomic E-state index is 13.1. The molecule has 7 heteroatoms. The highest BCUT2D eigenvalue weighted by atomic mass is 19.1. The summed E-state index contributed by atoms with van der Waals surface area (Å²) in [6.45, 7) is -0.238. The molecule has 0 saturated carbocycles. The molecule has 0 bridgehead atoms. The van der Waals surface area contributed by atoms with E-state index in [1.165, 1.54) is 19.2 Å². The summed E-state index contributed by atoms with van der Waals surface area (Å²) in [6, 6.07) is 18.2. The Bertz CT molecular complexity index is 1250. The van der Waals surface area contributed by atoms with Crippen molar-refractivity contribution in [3.63, 3.8) is 0 Å². The van der Waals surface area contributed by atoms with Crippen LogP contribution >= 0.6 is 0 Å². The fourth-order valence-corrected chi connectivity index (χ4v) is 3.52. The first-order chi connectivity index (χ1) is 15.6. The minimum absolute atomic E-state index is 0.238. The fraction of sp³-hybridized carbons (Fsp3) is 0.120. The number of carbonyl (C=O) groups excluding carboxylic acids is 1. The van der Waals surface area contributed by atoms with Gasteiger partial charge in [0.1, 0.15) is 11.6 Å². The normalized spacial score (nSPS) is 12.2. The smallest absolute Gasteiger partial charge is 0.255 e. The van der Waals surface area contributed by atoms with Gasteiger partial charge in [-0.1, -0.05) is 48.5 Å². The number of aromatic amines is 1. The van der Waals surface area contributed by atoms with E-state index in [0.717, 1.165) is 11.1 Å². The van der Waals surface area contributed by atoms with Crippen LogP contribution in [0.25, 0.3) is 23.1 Å². The van der Waals surface area contributed by atoms with Gasteiger partial charge >= 0.3 is 0 Å². The van der Waals surface area contributed by atoms with Crippen molar-refractivity contribution >= 4 is 29.0 Å². The van der Waals surface area contributed by atoms with Crippen LogP contribution in [0.2, 0.25) is 0 Å². The van der Waals surface area contributed by atoms with Gasteiger partial charge in [-0.25, -0.2) is 4.39 Å². The van der Waals surface area contributed by atoms with Crippen LogP contribution in [0.1, 0.15) is 33.2 Å². The lowest BCUT2D eigenvalue weighted by atomic mass is 10.0. The second-order valence-electron chi connectivity index (χ2n) is 7.18. The number of H-pyrrole nitrogens is 1. The van der Waals surface area contributed by atoms with Gasteiger partial charge < -0.3 is 15.2 Å². The summed E-state index contributed by atoms with van der Waals surface area (Å²) in [5.41, 5.74) is 3.23. The van der Waals surface area contributed by atoms with E-state index in [2.05, 4.69) is 15.5 Å². The van der Waals surface area contributed by atoms with Gasteiger partial charge in [0.05, 0.1) is 41.9 Å². The lowest BCUT2D eigenvalue weighted by Crippen LogP contribution is -2.31. The summed E-state index contributed by atoms with van der Waals surface area (Å²) in [7, 11) is 1.49. The van der Waals surface area contributed by atoms with Crippen molar-refractivity contribution < 1.29 is 19.0 Å². The van der Waals surface area contributed by atoms with E-state index < -0.39 is 6.04 Å². The topological polar surface area (TPSA) is 87.2 Å². The number of aromatic nitrogens is 2. The first-order valence-electron chi connectivity index (χ1n) is 10.1. The Kier molecular flexibility index (Phi) is 6.28. The van der Waals surface area contributed by atoms with Crippen LogP contribution < -0.4 is 10.1 Å². The van der Waals surface area contributed by atoms with Crippen LogP contribution in [-0.4, -0.2) is 34.9 Å². The number of methoxy groups -OCH3 is 1. The SMILES string of the molecule is COc1c(C(=O)N[C@H](CO)c2ccccc2)ccc2n[nH]c(/C=C/c3ccc(F)cc3)c12. The predicted octanol–water partition coefficient (Wildman–Crippen LogP) is 4.34. The number of hydrogen-bond donors (Lipinski definition) is 3. The lowest BCUT2D eigenvalue weighted by Gasteiger charge is -2.18. The van der Waals surface area contributed by atoms with Crippen LogP contribution in [0.5, 0.6) is 5.75 Å². The maximum absolute atomic E-state index is 13.1. The van der Waals surface area contributed by atoms with Crippen molar-refractivity contribution in [1.82, 2.24) is 15.5 Å². The summed E-state index contributed by atoms with van der Waals surface area (Å²) in [6.07, 6.45) is 3.61. The summed E-state index contributed by atoms with van der Waals surface area (Å²) < 4.78 is 18.7. The molecule has 0 fully saturated rings. The van der Waals surface area contributed by atoms with E-state index in [4.69, 9.17) is 4.74 Å². The zero-order valence-electron chi connectivity index (χ0n) is 17.4. The third-order valence-corrected chi connectivity index (χ3v) is 5.15. The van der Waals surface area contributed by atoms with Crippen molar-refractivity contribution in [1.29, 1.82) is 0 Å². The number of ether oxygens (including phenoxy) is 1. The molecule has 3 aromatic carbocycles. The highest BCUT2D eigenvalue weighted by molar-refractivity contribution is 6.05. The Morgan fingerprint density at radius 1 is 1.12 bits per heavy atom. The minimum atomic E-state index is -0.550. The van der Waals surface area contributed by atoms with Gasteiger partial charge in [-0.05, 0) is 41.5 Å². The van der Waals surface area contributed by atoms with Crippen LogP contribution in [-0.2, 0) is 0 Å². The second kappa shape index (κ2) is 9.45. The number of rotatable bonds is 7. The van der Waals surface area contributed by atoms with E-state index in [1.807, 2.05) is 36.4 Å². The second-order valence-corrected chi connectivity index (χ2v) is 7.18. The van der Waals surface area contributed by atoms with Crippen LogP contribution in [0.3, 0.4) is 0 Å². The first kappa shape index (κ1) is 21.3. The Hall–Kier alpha value is -3.97. The molecule has 0 aliphatic rings. The van der Waals surface area contributed by atoms with Gasteiger partial charge in [0.2, 0.25) is 0 Å². The van der Waals surface area contributed by atoms with Crippen LogP contribution in [0, 0.1) is 5.82 Å². The van der Waals surface area contributed by atoms with Crippen molar-refractivity contribution in [2.24, 2.45) is 0 Å². The standard InChI is InChI=1S/C25H22FN3O3/c1-32-24-19(25(31)27-22(15-30)17-5-3-2-4-6-17)12-14-21-23(24)20(28-29-21)13-9-16-7-10-18(26)11-8-16/h2-14,22,30H,15H2,1H3,(H,27,31)(H,28,29)/b13-9+/t22-/m1/s1. The van der Waals surface area contributed by atoms with Gasteiger partial charge in [0, 0.05) is 0 Å². The summed E-state index contributed by atoms with van der Waals surface area (Å²) in [5, 5.41) is 20.5. The van der Waals surface area contributed by atoms with E-state index in [0.29, 0.717) is 27.9 Å². The molecule has 1 heterocycles. The number of carbonyl (C=O) groups is 1. The predicted molar refractivity (Wildman–Crippen MR) is 122 cm³/mol. The molecule has 0 unspecified atom stereocenters. The number of amides is 1. The molecular weight excluding hydrogens is 409 g/mol. The van der Waals surface area contributed by atoms with Crippen LogP contribution in [0.4, 0.5) is 4.39 Å². The van der Waals surface area contributed by atoms with E-state index in [9.17, 15) is 14.3 Å². The van der Waals surface area contributed by atoms with E-state index in [-0.39, 0.29) is 18.3 Å². The number of aliphatic hydroxyl groups excluding tert-OH is 1. The molecule has 0 aliphatic carbocycles. The van der Waals surface area contributed by atoms with Crippen LogP contribution in [0.15, 0.2) is 66.7 Å². The minimum Gasteiger partial charge on any atom is -0.495 e. The average molecular weight is 431 g/mol. The highest BCUT2D eigenvalue weighted by Crippen LogP contribution is 2.32. The Morgan fingerprint density at radius 3 is 2.56 bits per heavy atom. The number of hydrogen-bond acceptors (Lipinski definition) is 4. The molecule has 1 atom stereocenters. The number of aliphatic hydroxyl groups is 1. The zero-order chi connectivity index (χ0) is 22.5. The van der Waals surface area contributed by atoms with Gasteiger partial charge in [0.15, 0.2) is 0 Å². The largest absolute Gasteiger partial charge is 0.495 e. The number of fused-ring (bicyclic) bond motifs is 1. The first-order valence-corrected chi connectivity index (χ1v) is 10.1. The van der Waals surface area contributed by atoms with Gasteiger partial charge in [-0.3, -0.25) is 9.89 Å². The van der Waals surface area contributed by atoms with E-state index >= 15 is 0 Å². The Balaban J connectivity index is 1.67. The van der Waals surface area contributed by atoms with E-state index in [1.54, 1.807) is 30.3 Å². The van der Waals surface area contributed by atoms with Gasteiger partial charge in [-0.15, -0.1) is 0 Å². The zero-order valence-corrected chi connectivity index (χ0v) is 17.4. The van der Waals surface area contributed by atoms with Crippen molar-refractivity contribution in [2.45, 2.75) is 6.04 Å². The Morgan fingerprint density at radius 2 is 1.88 bits per heavy atom. The highest BCUT2D eigenvalue weighted by Gasteiger charge is 2.21. The average Bonchev–Trinajstić information content (AvgIpc) is 3.25. The number of benzene rings is 3. The molecule has 4 rings (SSSR count). The number of nitrogens with one attached hydrogen (secondary N) is 2. The molecule has 4 aromatic rings. The number of halogens is 1. The lowest BCUT2D eigenvalue weighted by molar-refractivity contribution is 0.0913. The molecule has 0 spiro atoms. The van der Waals surface area contributed by atoms with Crippen molar-refractivity contribution in [3.05, 3.63) is 94.9 Å². The third-order valence-electron chi connectivity index (χ3n) is 5.15. The fourth-order valence-electron chi connectivity index (χ4n) is 3.52. The summed E-state index contributed by atoms with van der Waals surface area (Å²) in [5.74, 6) is -0.304. The quantitative estimate of drug-likeness (QED) is 0.406. The molecule has 1 aromatic heterocycles. The molecule has 162 valence electrons. The molecule has 0 radical (unpaired) electrons. The molecule has 1 amide bonds. The maximum Gasteiger partial charge on any atom is 0.255 e.